The molecule has 0 spiro atoms. The second-order valence-corrected chi connectivity index (χ2v) is 11.3. The van der Waals surface area contributed by atoms with E-state index in [0.717, 1.165) is 38.6 Å². The van der Waals surface area contributed by atoms with E-state index < -0.39 is 0 Å². The van der Waals surface area contributed by atoms with Gasteiger partial charge in [-0.1, -0.05) is 176 Å². The highest BCUT2D eigenvalue weighted by Gasteiger charge is 2.16. The molecule has 0 fully saturated rings. The Balaban J connectivity index is 1.27. The van der Waals surface area contributed by atoms with Crippen LogP contribution in [-0.2, 0) is 0 Å². The first-order chi connectivity index (χ1) is 22.8. The molecule has 0 unspecified atom stereocenters. The van der Waals surface area contributed by atoms with Crippen molar-refractivity contribution in [3.8, 4) is 67.5 Å². The molecule has 0 aliphatic heterocycles. The molecule has 0 radical (unpaired) electrons. The smallest absolute Gasteiger partial charge is 0.164 e. The highest BCUT2D eigenvalue weighted by Crippen LogP contribution is 2.35. The molecule has 7 aromatic carbocycles. The Morgan fingerprint density at radius 1 is 0.217 bits per heavy atom. The molecule has 46 heavy (non-hydrogen) atoms. The zero-order valence-corrected chi connectivity index (χ0v) is 25.1. The van der Waals surface area contributed by atoms with Crippen LogP contribution < -0.4 is 0 Å². The molecule has 0 amide bonds. The topological polar surface area (TPSA) is 38.7 Å². The van der Waals surface area contributed by atoms with E-state index in [1.807, 2.05) is 18.2 Å². The van der Waals surface area contributed by atoms with Crippen LogP contribution in [0.3, 0.4) is 0 Å². The van der Waals surface area contributed by atoms with E-state index in [4.69, 9.17) is 15.0 Å². The fourth-order valence-corrected chi connectivity index (χ4v) is 6.01. The van der Waals surface area contributed by atoms with Crippen LogP contribution in [0.15, 0.2) is 176 Å². The second-order valence-electron chi connectivity index (χ2n) is 11.3. The first-order valence-electron chi connectivity index (χ1n) is 15.5. The molecule has 0 atom stereocenters. The largest absolute Gasteiger partial charge is 0.208 e. The number of aromatic nitrogens is 3. The van der Waals surface area contributed by atoms with Crippen LogP contribution in [0.4, 0.5) is 0 Å². The molecule has 0 N–H and O–H groups in total. The van der Waals surface area contributed by atoms with Gasteiger partial charge in [-0.05, 0) is 44.2 Å². The van der Waals surface area contributed by atoms with Crippen molar-refractivity contribution >= 4 is 10.8 Å². The van der Waals surface area contributed by atoms with Crippen LogP contribution in [0.25, 0.3) is 78.3 Å². The monoisotopic (exact) mass is 587 g/mol. The van der Waals surface area contributed by atoms with Crippen molar-refractivity contribution in [3.05, 3.63) is 176 Å². The van der Waals surface area contributed by atoms with Gasteiger partial charge in [0.25, 0.3) is 0 Å². The molecular formula is C43H29N3. The summed E-state index contributed by atoms with van der Waals surface area (Å²) in [6.45, 7) is 0. The van der Waals surface area contributed by atoms with Crippen LogP contribution >= 0.6 is 0 Å². The van der Waals surface area contributed by atoms with Crippen molar-refractivity contribution in [2.75, 3.05) is 0 Å². The third-order valence-electron chi connectivity index (χ3n) is 8.38. The zero-order chi connectivity index (χ0) is 30.7. The summed E-state index contributed by atoms with van der Waals surface area (Å²) in [6, 6.07) is 61.0. The molecule has 0 saturated carbocycles. The standard InChI is InChI=1S/C43H29N3/c1-4-12-30(13-5-1)32-22-26-35(27-23-32)41-44-42(36-28-24-33(25-29-36)31-14-6-2-7-15-31)46-43(45-41)40-21-11-19-38-37(18-10-20-39(38)40)34-16-8-3-9-17-34/h1-29H. The molecule has 1 heterocycles. The maximum atomic E-state index is 5.10. The Morgan fingerprint density at radius 2 is 0.565 bits per heavy atom. The number of hydrogen-bond acceptors (Lipinski definition) is 3. The Bertz CT molecular complexity index is 2160. The van der Waals surface area contributed by atoms with Crippen molar-refractivity contribution in [2.24, 2.45) is 0 Å². The van der Waals surface area contributed by atoms with Crippen molar-refractivity contribution in [2.45, 2.75) is 0 Å². The van der Waals surface area contributed by atoms with Crippen LogP contribution in [0.5, 0.6) is 0 Å². The van der Waals surface area contributed by atoms with E-state index in [0.29, 0.717) is 17.5 Å². The molecule has 3 nitrogen and oxygen atoms in total. The van der Waals surface area contributed by atoms with Gasteiger partial charge in [0.05, 0.1) is 0 Å². The number of hydrogen-bond donors (Lipinski definition) is 0. The summed E-state index contributed by atoms with van der Waals surface area (Å²) in [5.74, 6) is 1.93. The fraction of sp³-hybridized carbons (Fsp3) is 0. The molecule has 8 rings (SSSR count). The van der Waals surface area contributed by atoms with E-state index >= 15 is 0 Å². The van der Waals surface area contributed by atoms with E-state index in [-0.39, 0.29) is 0 Å². The Hall–Kier alpha value is -6.19. The normalized spacial score (nSPS) is 11.0. The van der Waals surface area contributed by atoms with Gasteiger partial charge in [-0.2, -0.15) is 0 Å². The van der Waals surface area contributed by atoms with Crippen LogP contribution in [0.1, 0.15) is 0 Å². The van der Waals surface area contributed by atoms with E-state index in [2.05, 4.69) is 158 Å². The molecule has 0 saturated heterocycles. The predicted octanol–water partition coefficient (Wildman–Crippen LogP) is 11.0. The van der Waals surface area contributed by atoms with E-state index in [9.17, 15) is 0 Å². The molecule has 1 aromatic heterocycles. The lowest BCUT2D eigenvalue weighted by molar-refractivity contribution is 1.08. The van der Waals surface area contributed by atoms with Gasteiger partial charge in [-0.3, -0.25) is 0 Å². The lowest BCUT2D eigenvalue weighted by Crippen LogP contribution is -2.00. The van der Waals surface area contributed by atoms with Gasteiger partial charge in [0.2, 0.25) is 0 Å². The average Bonchev–Trinajstić information content (AvgIpc) is 3.15. The second kappa shape index (κ2) is 12.1. The number of rotatable bonds is 6. The molecule has 0 aliphatic carbocycles. The molecule has 216 valence electrons. The maximum absolute atomic E-state index is 5.10. The quantitative estimate of drug-likeness (QED) is 0.194. The summed E-state index contributed by atoms with van der Waals surface area (Å²) in [7, 11) is 0. The van der Waals surface area contributed by atoms with Gasteiger partial charge in [0, 0.05) is 16.7 Å². The average molecular weight is 588 g/mol. The number of fused-ring (bicyclic) bond motifs is 1. The summed E-state index contributed by atoms with van der Waals surface area (Å²) >= 11 is 0. The Labute approximate surface area is 268 Å². The Kier molecular flexibility index (Phi) is 7.18. The van der Waals surface area contributed by atoms with E-state index in [1.165, 1.54) is 22.3 Å². The highest BCUT2D eigenvalue weighted by molar-refractivity contribution is 6.03. The zero-order valence-electron chi connectivity index (χ0n) is 25.1. The van der Waals surface area contributed by atoms with Crippen molar-refractivity contribution in [1.82, 2.24) is 15.0 Å². The van der Waals surface area contributed by atoms with Gasteiger partial charge < -0.3 is 0 Å². The summed E-state index contributed by atoms with van der Waals surface area (Å²) in [4.78, 5) is 15.2. The number of benzene rings is 7. The minimum Gasteiger partial charge on any atom is -0.208 e. The third-order valence-corrected chi connectivity index (χ3v) is 8.38. The Morgan fingerprint density at radius 3 is 1.04 bits per heavy atom. The molecule has 0 bridgehead atoms. The lowest BCUT2D eigenvalue weighted by atomic mass is 9.95. The molecule has 0 aliphatic rings. The van der Waals surface area contributed by atoms with Gasteiger partial charge in [-0.15, -0.1) is 0 Å². The molecule has 3 heteroatoms. The van der Waals surface area contributed by atoms with Crippen molar-refractivity contribution < 1.29 is 0 Å². The summed E-state index contributed by atoms with van der Waals surface area (Å²) in [6.07, 6.45) is 0. The molecular weight excluding hydrogens is 558 g/mol. The van der Waals surface area contributed by atoms with Gasteiger partial charge in [0.15, 0.2) is 17.5 Å². The van der Waals surface area contributed by atoms with Crippen molar-refractivity contribution in [3.63, 3.8) is 0 Å². The van der Waals surface area contributed by atoms with Crippen LogP contribution in [-0.4, -0.2) is 15.0 Å². The van der Waals surface area contributed by atoms with Gasteiger partial charge >= 0.3 is 0 Å². The predicted molar refractivity (Wildman–Crippen MR) is 190 cm³/mol. The summed E-state index contributed by atoms with van der Waals surface area (Å²) < 4.78 is 0. The van der Waals surface area contributed by atoms with Crippen molar-refractivity contribution in [1.29, 1.82) is 0 Å². The number of nitrogens with zero attached hydrogens (tertiary/aromatic N) is 3. The van der Waals surface area contributed by atoms with E-state index in [1.54, 1.807) is 0 Å². The first kappa shape index (κ1) is 27.4. The first-order valence-corrected chi connectivity index (χ1v) is 15.5. The minimum absolute atomic E-state index is 0.642. The highest BCUT2D eigenvalue weighted by atomic mass is 15.0. The van der Waals surface area contributed by atoms with Crippen LogP contribution in [0, 0.1) is 0 Å². The summed E-state index contributed by atoms with van der Waals surface area (Å²) in [5.41, 5.74) is 9.87. The summed E-state index contributed by atoms with van der Waals surface area (Å²) in [5, 5.41) is 2.26. The fourth-order valence-electron chi connectivity index (χ4n) is 6.01. The third kappa shape index (κ3) is 5.36. The molecule has 8 aromatic rings. The SMILES string of the molecule is c1ccc(-c2ccc(-c3nc(-c4ccc(-c5ccccc5)cc4)nc(-c4cccc5c(-c6ccccc6)cccc45)n3)cc2)cc1. The maximum Gasteiger partial charge on any atom is 0.164 e. The lowest BCUT2D eigenvalue weighted by Gasteiger charge is -2.13. The van der Waals surface area contributed by atoms with Crippen LogP contribution in [0.2, 0.25) is 0 Å². The van der Waals surface area contributed by atoms with Gasteiger partial charge in [0.1, 0.15) is 0 Å². The minimum atomic E-state index is 0.642. The van der Waals surface area contributed by atoms with Gasteiger partial charge in [-0.25, -0.2) is 15.0 Å².